The van der Waals surface area contributed by atoms with Crippen LogP contribution >= 0.6 is 0 Å². The van der Waals surface area contributed by atoms with Gasteiger partial charge in [-0.1, -0.05) is 12.1 Å². The average Bonchev–Trinajstić information content (AvgIpc) is 2.75. The van der Waals surface area contributed by atoms with Crippen molar-refractivity contribution in [2.45, 2.75) is 46.6 Å². The van der Waals surface area contributed by atoms with Gasteiger partial charge in [-0.25, -0.2) is 0 Å². The summed E-state index contributed by atoms with van der Waals surface area (Å²) >= 11 is 0. The number of hydrogen-bond donors (Lipinski definition) is 0. The van der Waals surface area contributed by atoms with Gasteiger partial charge in [0.05, 0.1) is 18.6 Å². The minimum Gasteiger partial charge on any atom is -0.466 e. The molecule has 0 saturated carbocycles. The third kappa shape index (κ3) is 4.92. The van der Waals surface area contributed by atoms with Gasteiger partial charge in [0, 0.05) is 45.0 Å². The summed E-state index contributed by atoms with van der Waals surface area (Å²) in [6.45, 7) is 13.4. The maximum Gasteiger partial charge on any atom is 0.310 e. The van der Waals surface area contributed by atoms with Crippen LogP contribution in [-0.4, -0.2) is 73.6 Å². The number of likely N-dealkylation sites (tertiary alicyclic amines) is 1. The highest BCUT2D eigenvalue weighted by Crippen LogP contribution is 2.25. The van der Waals surface area contributed by atoms with E-state index in [1.165, 1.54) is 16.8 Å². The molecular formula is C23H35N3O3. The normalized spacial score (nSPS) is 21.7. The molecule has 6 heteroatoms. The first-order valence-electron chi connectivity index (χ1n) is 10.9. The largest absolute Gasteiger partial charge is 0.466 e. The summed E-state index contributed by atoms with van der Waals surface area (Å²) in [6, 6.07) is 6.30. The van der Waals surface area contributed by atoms with Crippen molar-refractivity contribution in [1.82, 2.24) is 9.80 Å². The van der Waals surface area contributed by atoms with Crippen LogP contribution in [0.25, 0.3) is 0 Å². The van der Waals surface area contributed by atoms with Gasteiger partial charge >= 0.3 is 5.97 Å². The molecule has 0 N–H and O–H groups in total. The van der Waals surface area contributed by atoms with Gasteiger partial charge in [0.25, 0.3) is 0 Å². The summed E-state index contributed by atoms with van der Waals surface area (Å²) in [5.74, 6) is -0.208. The van der Waals surface area contributed by atoms with Crippen LogP contribution < -0.4 is 4.90 Å². The first-order valence-corrected chi connectivity index (χ1v) is 10.9. The lowest BCUT2D eigenvalue weighted by Gasteiger charge is -2.41. The zero-order valence-electron chi connectivity index (χ0n) is 18.3. The molecule has 0 spiro atoms. The SMILES string of the molecule is CCOC(=O)C1CCCN(C(=O)C(C)N2CCN(c3cccc(C)c3C)CC2)C1. The minimum absolute atomic E-state index is 0.138. The number of amides is 1. The van der Waals surface area contributed by atoms with Gasteiger partial charge in [-0.05, 0) is 57.7 Å². The Hall–Kier alpha value is -2.08. The molecule has 2 saturated heterocycles. The van der Waals surface area contributed by atoms with Gasteiger partial charge in [-0.2, -0.15) is 0 Å². The van der Waals surface area contributed by atoms with Crippen LogP contribution in [0.15, 0.2) is 18.2 Å². The Kier molecular flexibility index (Phi) is 7.17. The summed E-state index contributed by atoms with van der Waals surface area (Å²) in [7, 11) is 0. The highest BCUT2D eigenvalue weighted by molar-refractivity contribution is 5.82. The second-order valence-corrected chi connectivity index (χ2v) is 8.29. The summed E-state index contributed by atoms with van der Waals surface area (Å²) in [6.07, 6.45) is 1.67. The molecule has 160 valence electrons. The van der Waals surface area contributed by atoms with Gasteiger partial charge in [-0.3, -0.25) is 14.5 Å². The van der Waals surface area contributed by atoms with Crippen molar-refractivity contribution >= 4 is 17.6 Å². The second-order valence-electron chi connectivity index (χ2n) is 8.29. The van der Waals surface area contributed by atoms with E-state index in [0.29, 0.717) is 13.2 Å². The van der Waals surface area contributed by atoms with E-state index in [-0.39, 0.29) is 23.8 Å². The molecule has 6 nitrogen and oxygen atoms in total. The maximum absolute atomic E-state index is 13.1. The molecule has 1 aromatic carbocycles. The van der Waals surface area contributed by atoms with Crippen LogP contribution in [0.4, 0.5) is 5.69 Å². The van der Waals surface area contributed by atoms with Crippen LogP contribution in [0, 0.1) is 19.8 Å². The number of carbonyl (C=O) groups excluding carboxylic acids is 2. The van der Waals surface area contributed by atoms with Gasteiger partial charge in [0.2, 0.25) is 5.91 Å². The molecule has 0 bridgehead atoms. The lowest BCUT2D eigenvalue weighted by Crippen LogP contribution is -2.56. The predicted octanol–water partition coefficient (Wildman–Crippen LogP) is 2.62. The van der Waals surface area contributed by atoms with Gasteiger partial charge < -0.3 is 14.5 Å². The summed E-state index contributed by atoms with van der Waals surface area (Å²) < 4.78 is 5.17. The smallest absolute Gasteiger partial charge is 0.310 e. The molecule has 0 aliphatic carbocycles. The lowest BCUT2D eigenvalue weighted by atomic mass is 9.97. The number of benzene rings is 1. The number of esters is 1. The fourth-order valence-electron chi connectivity index (χ4n) is 4.48. The van der Waals surface area contributed by atoms with Crippen LogP contribution in [0.3, 0.4) is 0 Å². The number of rotatable bonds is 5. The van der Waals surface area contributed by atoms with E-state index in [1.54, 1.807) is 0 Å². The number of aryl methyl sites for hydroxylation is 1. The van der Waals surface area contributed by atoms with E-state index < -0.39 is 0 Å². The minimum atomic E-state index is -0.180. The van der Waals surface area contributed by atoms with Crippen molar-refractivity contribution in [1.29, 1.82) is 0 Å². The van der Waals surface area contributed by atoms with Crippen molar-refractivity contribution < 1.29 is 14.3 Å². The standard InChI is InChI=1S/C23H35N3O3/c1-5-29-23(28)20-9-7-11-26(16-20)22(27)19(4)24-12-14-25(15-13-24)21-10-6-8-17(2)18(21)3/h6,8,10,19-20H,5,7,9,11-16H2,1-4H3. The van der Waals surface area contributed by atoms with Gasteiger partial charge in [0.15, 0.2) is 0 Å². The summed E-state index contributed by atoms with van der Waals surface area (Å²) in [5.41, 5.74) is 3.95. The number of carbonyl (C=O) groups is 2. The molecule has 29 heavy (non-hydrogen) atoms. The molecule has 1 amide bonds. The second kappa shape index (κ2) is 9.61. The molecule has 2 fully saturated rings. The van der Waals surface area contributed by atoms with Crippen LogP contribution in [0.2, 0.25) is 0 Å². The van der Waals surface area contributed by atoms with E-state index in [0.717, 1.165) is 45.6 Å². The molecule has 0 aromatic heterocycles. The molecule has 2 aliphatic rings. The fourth-order valence-corrected chi connectivity index (χ4v) is 4.48. The first-order chi connectivity index (χ1) is 13.9. The van der Waals surface area contributed by atoms with Crippen LogP contribution in [0.1, 0.15) is 37.8 Å². The number of piperazine rings is 1. The number of ether oxygens (including phenoxy) is 1. The third-order valence-electron chi connectivity index (χ3n) is 6.49. The molecule has 0 radical (unpaired) electrons. The summed E-state index contributed by atoms with van der Waals surface area (Å²) in [4.78, 5) is 31.7. The monoisotopic (exact) mass is 401 g/mol. The zero-order valence-corrected chi connectivity index (χ0v) is 18.3. The first kappa shape index (κ1) is 21.6. The highest BCUT2D eigenvalue weighted by atomic mass is 16.5. The van der Waals surface area contributed by atoms with Crippen molar-refractivity contribution in [2.75, 3.05) is 50.8 Å². The quantitative estimate of drug-likeness (QED) is 0.710. The zero-order chi connectivity index (χ0) is 21.0. The Balaban J connectivity index is 1.56. The Morgan fingerprint density at radius 2 is 1.86 bits per heavy atom. The number of piperidine rings is 1. The number of nitrogens with zero attached hydrogens (tertiary/aromatic N) is 3. The average molecular weight is 402 g/mol. The van der Waals surface area contributed by atoms with Crippen molar-refractivity contribution in [2.24, 2.45) is 5.92 Å². The van der Waals surface area contributed by atoms with Crippen molar-refractivity contribution in [3.63, 3.8) is 0 Å². The van der Waals surface area contributed by atoms with Crippen molar-refractivity contribution in [3.8, 4) is 0 Å². The van der Waals surface area contributed by atoms with Crippen LogP contribution in [-0.2, 0) is 14.3 Å². The molecule has 2 unspecified atom stereocenters. The predicted molar refractivity (Wildman–Crippen MR) is 115 cm³/mol. The van der Waals surface area contributed by atoms with E-state index in [2.05, 4.69) is 41.8 Å². The number of hydrogen-bond acceptors (Lipinski definition) is 5. The summed E-state index contributed by atoms with van der Waals surface area (Å²) in [5, 5.41) is 0. The Labute approximate surface area is 174 Å². The Morgan fingerprint density at radius 1 is 1.14 bits per heavy atom. The highest BCUT2D eigenvalue weighted by Gasteiger charge is 2.34. The molecule has 2 atom stereocenters. The lowest BCUT2D eigenvalue weighted by molar-refractivity contribution is -0.152. The van der Waals surface area contributed by atoms with E-state index in [4.69, 9.17) is 4.74 Å². The van der Waals surface area contributed by atoms with Gasteiger partial charge in [0.1, 0.15) is 0 Å². The topological polar surface area (TPSA) is 53.1 Å². The maximum atomic E-state index is 13.1. The van der Waals surface area contributed by atoms with Crippen LogP contribution in [0.5, 0.6) is 0 Å². The molecule has 2 aliphatic heterocycles. The van der Waals surface area contributed by atoms with E-state index >= 15 is 0 Å². The van der Waals surface area contributed by atoms with Crippen molar-refractivity contribution in [3.05, 3.63) is 29.3 Å². The third-order valence-corrected chi connectivity index (χ3v) is 6.49. The van der Waals surface area contributed by atoms with Gasteiger partial charge in [-0.15, -0.1) is 0 Å². The molecule has 1 aromatic rings. The fraction of sp³-hybridized carbons (Fsp3) is 0.652. The Bertz CT molecular complexity index is 728. The molecule has 2 heterocycles. The van der Waals surface area contributed by atoms with E-state index in [1.807, 2.05) is 18.7 Å². The van der Waals surface area contributed by atoms with E-state index in [9.17, 15) is 9.59 Å². The molecule has 3 rings (SSSR count). The molecular weight excluding hydrogens is 366 g/mol. The Morgan fingerprint density at radius 3 is 2.55 bits per heavy atom. The number of anilines is 1.